The number of allylic oxidation sites excluding steroid dienone is 1. The lowest BCUT2D eigenvalue weighted by Gasteiger charge is -2.60. The van der Waals surface area contributed by atoms with Crippen LogP contribution < -0.4 is 14.8 Å². The molecule has 0 radical (unpaired) electrons. The molecule has 0 spiro atoms. The number of rotatable bonds is 39. The number of unbranched alkanes of at least 4 members (excludes halogenated alkanes) is 19. The van der Waals surface area contributed by atoms with Crippen LogP contribution in [0.2, 0.25) is 0 Å². The smallest absolute Gasteiger partial charge is 0.412 e. The maximum absolute atomic E-state index is 15.7. The zero-order valence-electron chi connectivity index (χ0n) is 49.5. The molecule has 4 aromatic rings. The van der Waals surface area contributed by atoms with Crippen LogP contribution in [0.4, 0.5) is 4.79 Å². The molecule has 1 saturated carbocycles. The van der Waals surface area contributed by atoms with E-state index >= 15 is 4.79 Å². The maximum atomic E-state index is 15.7. The number of amides is 2. The third kappa shape index (κ3) is 18.3. The number of fused-ring (bicyclic) bond motifs is 3. The second-order valence-corrected chi connectivity index (χ2v) is 23.3. The first-order valence-electron chi connectivity index (χ1n) is 31.8. The number of nitrogens with one attached hydrogen (secondary N) is 1. The Bertz CT molecular complexity index is 2560. The summed E-state index contributed by atoms with van der Waals surface area (Å²) in [7, 11) is 0. The van der Waals surface area contributed by atoms with Gasteiger partial charge in [-0.15, -0.1) is 6.58 Å². The largest absolute Gasteiger partial charge is 0.459 e. The second-order valence-electron chi connectivity index (χ2n) is 23.3. The monoisotopic (exact) mass is 1110 g/mol. The quantitative estimate of drug-likeness (QED) is 0.0228. The van der Waals surface area contributed by atoms with Crippen molar-refractivity contribution in [1.82, 2.24) is 10.2 Å². The lowest BCUT2D eigenvalue weighted by Crippen LogP contribution is -2.70. The van der Waals surface area contributed by atoms with Gasteiger partial charge in [0, 0.05) is 50.6 Å². The van der Waals surface area contributed by atoms with Crippen LogP contribution in [0.25, 0.3) is 10.8 Å². The summed E-state index contributed by atoms with van der Waals surface area (Å²) in [6.07, 6.45) is 31.3. The highest BCUT2D eigenvalue weighted by atomic mass is 16.7. The van der Waals surface area contributed by atoms with Crippen molar-refractivity contribution >= 4 is 28.5 Å². The summed E-state index contributed by atoms with van der Waals surface area (Å²) < 4.78 is 21.2. The molecule has 442 valence electrons. The second kappa shape index (κ2) is 34.8. The fourth-order valence-electron chi connectivity index (χ4n) is 13.1. The zero-order chi connectivity index (χ0) is 56.9. The molecule has 2 aliphatic carbocycles. The van der Waals surface area contributed by atoms with Gasteiger partial charge in [-0.25, -0.2) is 4.79 Å². The van der Waals surface area contributed by atoms with Crippen molar-refractivity contribution in [2.45, 2.75) is 218 Å². The highest BCUT2D eigenvalue weighted by Gasteiger charge is 2.65. The first-order chi connectivity index (χ1) is 39.8. The molecule has 0 saturated heterocycles. The van der Waals surface area contributed by atoms with Crippen LogP contribution in [-0.4, -0.2) is 71.0 Å². The molecule has 4 aromatic carbocycles. The summed E-state index contributed by atoms with van der Waals surface area (Å²) in [5.74, 6) is -1.10. The summed E-state index contributed by atoms with van der Waals surface area (Å²) in [6.45, 7) is 10.1. The lowest BCUT2D eigenvalue weighted by atomic mass is 9.55. The van der Waals surface area contributed by atoms with Crippen molar-refractivity contribution in [3.63, 3.8) is 0 Å². The Morgan fingerprint density at radius 3 is 2.07 bits per heavy atom. The molecule has 11 nitrogen and oxygen atoms in total. The van der Waals surface area contributed by atoms with Crippen molar-refractivity contribution in [3.05, 3.63) is 132 Å². The van der Waals surface area contributed by atoms with E-state index in [4.69, 9.17) is 24.2 Å². The van der Waals surface area contributed by atoms with Gasteiger partial charge in [0.2, 0.25) is 11.7 Å². The van der Waals surface area contributed by atoms with Crippen LogP contribution in [0, 0.1) is 17.8 Å². The summed E-state index contributed by atoms with van der Waals surface area (Å²) in [4.78, 5) is 37.7. The minimum atomic E-state index is -1.44. The Labute approximate surface area is 486 Å². The molecule has 1 aliphatic heterocycles. The van der Waals surface area contributed by atoms with Crippen LogP contribution in [0.5, 0.6) is 11.5 Å². The topological polar surface area (TPSA) is 139 Å². The average molecular weight is 1110 g/mol. The van der Waals surface area contributed by atoms with Crippen LogP contribution in [0.15, 0.2) is 120 Å². The van der Waals surface area contributed by atoms with Crippen molar-refractivity contribution < 1.29 is 38.9 Å². The van der Waals surface area contributed by atoms with E-state index in [1.54, 1.807) is 6.08 Å². The van der Waals surface area contributed by atoms with E-state index < -0.39 is 23.8 Å². The summed E-state index contributed by atoms with van der Waals surface area (Å²) >= 11 is 0. The number of ether oxygens (including phenoxy) is 3. The van der Waals surface area contributed by atoms with E-state index in [0.717, 1.165) is 103 Å². The van der Waals surface area contributed by atoms with E-state index in [1.165, 1.54) is 83.5 Å². The standard InChI is InChI=1S/C70H99N3O8/c1-4-7-9-11-13-15-17-19-21-30-45-71-69(77)80-58-43-44-64-62(50-58)67-60(41-29-32-47-75)56(37-28-31-46-74)49-61-63(72-79-53-54-34-23-22-24-35-54)51-65(70(81-64,68(61)67)78-48-6-3)73(52-57-39-33-38-55-36-26-27-40-59(55)57)66(76)42-25-20-18-16-14-12-10-8-5-2/h6,22-24,26-27,33-36,38-40,43-44,49-50,56,60,65,67-68,74-75H,3-5,7-21,25,28-32,37,41-42,45-48,51-53H2,1-2H3,(H,71,77)/t56-,60+,65-,67+,68+,70+/m0/s1. The fourth-order valence-corrected chi connectivity index (χ4v) is 13.1. The zero-order valence-corrected chi connectivity index (χ0v) is 49.5. The molecule has 11 heteroatoms. The van der Waals surface area contributed by atoms with Crippen molar-refractivity contribution in [2.24, 2.45) is 22.9 Å². The lowest BCUT2D eigenvalue weighted by molar-refractivity contribution is -0.258. The predicted molar refractivity (Wildman–Crippen MR) is 328 cm³/mol. The number of hydrogen-bond acceptors (Lipinski definition) is 9. The number of aliphatic hydroxyl groups excluding tert-OH is 2. The van der Waals surface area contributed by atoms with Crippen LogP contribution in [-0.2, 0) is 27.5 Å². The molecule has 0 unspecified atom stereocenters. The number of benzene rings is 4. The Morgan fingerprint density at radius 2 is 1.38 bits per heavy atom. The number of hydrogen-bond donors (Lipinski definition) is 3. The van der Waals surface area contributed by atoms with Crippen LogP contribution >= 0.6 is 0 Å². The molecular formula is C70H99N3O8. The normalized spacial score (nSPS) is 20.5. The molecule has 1 heterocycles. The number of carbonyl (C=O) groups is 2. The van der Waals surface area contributed by atoms with Gasteiger partial charge in [0.25, 0.3) is 0 Å². The molecule has 7 rings (SSSR count). The molecule has 81 heavy (non-hydrogen) atoms. The van der Waals surface area contributed by atoms with Gasteiger partial charge in [0.15, 0.2) is 0 Å². The number of nitrogens with zero attached hydrogens (tertiary/aromatic N) is 2. The minimum Gasteiger partial charge on any atom is -0.459 e. The van der Waals surface area contributed by atoms with Crippen molar-refractivity contribution in [3.8, 4) is 11.5 Å². The van der Waals surface area contributed by atoms with Crippen LogP contribution in [0.3, 0.4) is 0 Å². The minimum absolute atomic E-state index is 0.00759. The van der Waals surface area contributed by atoms with Gasteiger partial charge >= 0.3 is 6.09 Å². The fraction of sp³-hybridized carbons (Fsp3) is 0.586. The van der Waals surface area contributed by atoms with Gasteiger partial charge in [-0.1, -0.05) is 226 Å². The number of aliphatic hydroxyl groups is 2. The molecule has 0 aromatic heterocycles. The van der Waals surface area contributed by atoms with Crippen molar-refractivity contribution in [1.29, 1.82) is 0 Å². The highest BCUT2D eigenvalue weighted by molar-refractivity contribution is 6.03. The summed E-state index contributed by atoms with van der Waals surface area (Å²) in [6, 6.07) is 29.8. The summed E-state index contributed by atoms with van der Waals surface area (Å²) in [5.41, 5.74) is 4.63. The highest BCUT2D eigenvalue weighted by Crippen LogP contribution is 2.62. The van der Waals surface area contributed by atoms with E-state index in [9.17, 15) is 15.0 Å². The van der Waals surface area contributed by atoms with Gasteiger partial charge in [0.1, 0.15) is 24.1 Å². The SMILES string of the molecule is C=CCO[C@@]12Oc3ccc(OC(=O)NCCCCCCCCCCCC)cc3[C@H]3[C@H](CCCCO)[C@@H](CCCCO)C=C(C(=NOCc4ccccc4)C[C@@H]1N(Cc1cccc4ccccc14)C(=O)CCCCCCCCCCC)[C@H]32. The first kappa shape index (κ1) is 63.1. The van der Waals surface area contributed by atoms with E-state index in [0.29, 0.717) is 50.3 Å². The van der Waals surface area contributed by atoms with E-state index in [-0.39, 0.29) is 50.1 Å². The Kier molecular flexibility index (Phi) is 27.1. The van der Waals surface area contributed by atoms with Gasteiger partial charge in [-0.3, -0.25) is 4.79 Å². The van der Waals surface area contributed by atoms with Crippen LogP contribution in [0.1, 0.15) is 210 Å². The Hall–Kier alpha value is -5.49. The molecule has 6 atom stereocenters. The molecular weight excluding hydrogens is 1010 g/mol. The van der Waals surface area contributed by atoms with Gasteiger partial charge in [-0.05, 0) is 96.0 Å². The Balaban J connectivity index is 1.29. The maximum Gasteiger partial charge on any atom is 0.412 e. The first-order valence-corrected chi connectivity index (χ1v) is 31.8. The Morgan fingerprint density at radius 1 is 0.741 bits per heavy atom. The molecule has 1 fully saturated rings. The number of carbonyl (C=O) groups excluding carboxylic acids is 2. The average Bonchev–Trinajstić information content (AvgIpc) is 1.50. The van der Waals surface area contributed by atoms with Gasteiger partial charge in [-0.2, -0.15) is 0 Å². The predicted octanol–water partition coefficient (Wildman–Crippen LogP) is 16.6. The van der Waals surface area contributed by atoms with Crippen molar-refractivity contribution in [2.75, 3.05) is 26.4 Å². The number of oxime groups is 1. The molecule has 2 amide bonds. The summed E-state index contributed by atoms with van der Waals surface area (Å²) in [5, 5.41) is 30.7. The molecule has 0 bridgehead atoms. The van der Waals surface area contributed by atoms with E-state index in [1.807, 2.05) is 53.4 Å². The third-order valence-electron chi connectivity index (χ3n) is 17.3. The third-order valence-corrected chi connectivity index (χ3v) is 17.3. The van der Waals surface area contributed by atoms with Gasteiger partial charge in [0.05, 0.1) is 18.2 Å². The molecule has 3 aliphatic rings. The molecule has 3 N–H and O–H groups in total. The van der Waals surface area contributed by atoms with Gasteiger partial charge < -0.3 is 39.5 Å². The van der Waals surface area contributed by atoms with E-state index in [2.05, 4.69) is 74.3 Å².